The molecule has 2 N–H and O–H groups in total. The van der Waals surface area contributed by atoms with Crippen LogP contribution in [-0.2, 0) is 20.9 Å². The van der Waals surface area contributed by atoms with E-state index < -0.39 is 38.2 Å². The van der Waals surface area contributed by atoms with Gasteiger partial charge in [0.25, 0.3) is 0 Å². The summed E-state index contributed by atoms with van der Waals surface area (Å²) in [5.74, 6) is -1.19. The first-order valence-electron chi connectivity index (χ1n) is 7.33. The molecule has 1 aliphatic heterocycles. The molecule has 0 spiro atoms. The van der Waals surface area contributed by atoms with Gasteiger partial charge in [-0.1, -0.05) is 11.6 Å². The van der Waals surface area contributed by atoms with Crippen LogP contribution in [0.15, 0.2) is 34.7 Å². The summed E-state index contributed by atoms with van der Waals surface area (Å²) in [6.45, 7) is 1.34. The lowest BCUT2D eigenvalue weighted by Crippen LogP contribution is -2.30. The minimum absolute atomic E-state index is 0. The fraction of sp³-hybridized carbons (Fsp3) is 0.400. The van der Waals surface area contributed by atoms with E-state index in [9.17, 15) is 26.4 Å². The summed E-state index contributed by atoms with van der Waals surface area (Å²) in [4.78, 5) is 10.9. The van der Waals surface area contributed by atoms with E-state index in [1.54, 1.807) is 0 Å². The maximum Gasteiger partial charge on any atom is 0.417 e. The van der Waals surface area contributed by atoms with E-state index in [4.69, 9.17) is 0 Å². The molecule has 6 nitrogen and oxygen atoms in total. The molecule has 11 heteroatoms. The van der Waals surface area contributed by atoms with Gasteiger partial charge in [-0.05, 0) is 31.2 Å². The molecular weight excluding hydrogens is 397 g/mol. The number of sulfonamides is 1. The lowest BCUT2D eigenvalue weighted by atomic mass is 10.1. The first kappa shape index (κ1) is 22.4. The molecular formula is C15H18ClF3N2O4S. The topological polar surface area (TPSA) is 84.5 Å². The summed E-state index contributed by atoms with van der Waals surface area (Å²) < 4.78 is 70.6. The monoisotopic (exact) mass is 414 g/mol. The maximum absolute atomic E-state index is 13.2. The molecule has 0 atom stereocenters. The van der Waals surface area contributed by atoms with Crippen LogP contribution < -0.4 is 10.0 Å². The van der Waals surface area contributed by atoms with Crippen molar-refractivity contribution in [1.82, 2.24) is 10.0 Å². The molecule has 26 heavy (non-hydrogen) atoms. The predicted octanol–water partition coefficient (Wildman–Crippen LogP) is 2.11. The van der Waals surface area contributed by atoms with Gasteiger partial charge >= 0.3 is 12.1 Å². The fourth-order valence-electron chi connectivity index (χ4n) is 2.31. The average Bonchev–Trinajstić information content (AvgIpc) is 2.59. The third kappa shape index (κ3) is 5.44. The summed E-state index contributed by atoms with van der Waals surface area (Å²) in [6.07, 6.45) is -2.42. The van der Waals surface area contributed by atoms with Crippen molar-refractivity contribution in [2.75, 3.05) is 26.7 Å². The first-order chi connectivity index (χ1) is 11.6. The summed E-state index contributed by atoms with van der Waals surface area (Å²) >= 11 is 0. The van der Waals surface area contributed by atoms with E-state index in [2.05, 4.69) is 14.8 Å². The van der Waals surface area contributed by atoms with Crippen molar-refractivity contribution >= 4 is 28.4 Å². The van der Waals surface area contributed by atoms with Gasteiger partial charge in [-0.25, -0.2) is 17.9 Å². The number of halogens is 4. The quantitative estimate of drug-likeness (QED) is 0.569. The van der Waals surface area contributed by atoms with Crippen molar-refractivity contribution in [3.63, 3.8) is 0 Å². The van der Waals surface area contributed by atoms with Gasteiger partial charge in [0.05, 0.1) is 23.1 Å². The number of methoxy groups -OCH3 is 1. The Morgan fingerprint density at radius 2 is 2.04 bits per heavy atom. The Hall–Kier alpha value is -1.62. The molecule has 1 heterocycles. The second-order valence-electron chi connectivity index (χ2n) is 5.34. The maximum atomic E-state index is 13.2. The van der Waals surface area contributed by atoms with Crippen LogP contribution >= 0.6 is 12.4 Å². The summed E-state index contributed by atoms with van der Waals surface area (Å²) in [6, 6.07) is 2.18. The highest BCUT2D eigenvalue weighted by Crippen LogP contribution is 2.34. The SMILES string of the molecule is COC(=O)c1ccc(S(=O)(=O)NCC2=CCNCC2)cc1C(F)(F)F.Cl. The van der Waals surface area contributed by atoms with Crippen LogP contribution in [0.4, 0.5) is 13.2 Å². The molecule has 1 aliphatic rings. The van der Waals surface area contributed by atoms with Crippen LogP contribution in [0.1, 0.15) is 22.3 Å². The van der Waals surface area contributed by atoms with Gasteiger partial charge in [0, 0.05) is 13.1 Å². The third-order valence-corrected chi connectivity index (χ3v) is 5.06. The molecule has 0 radical (unpaired) electrons. The number of rotatable bonds is 5. The Balaban J connectivity index is 0.00000338. The van der Waals surface area contributed by atoms with Crippen molar-refractivity contribution < 1.29 is 31.1 Å². The van der Waals surface area contributed by atoms with E-state index in [-0.39, 0.29) is 19.0 Å². The largest absolute Gasteiger partial charge is 0.465 e. The standard InChI is InChI=1S/C15H17F3N2O4S.ClH/c1-24-14(21)12-3-2-11(8-13(12)15(16,17)18)25(22,23)20-9-10-4-6-19-7-5-10;/h2-4,8,19-20H,5-7,9H2,1H3;1H. The van der Waals surface area contributed by atoms with Crippen LogP contribution in [0.2, 0.25) is 0 Å². The smallest absolute Gasteiger partial charge is 0.417 e. The van der Waals surface area contributed by atoms with Crippen molar-refractivity contribution in [1.29, 1.82) is 0 Å². The lowest BCUT2D eigenvalue weighted by molar-refractivity contribution is -0.138. The number of carbonyl (C=O) groups is 1. The minimum Gasteiger partial charge on any atom is -0.465 e. The molecule has 146 valence electrons. The Labute approximate surface area is 155 Å². The van der Waals surface area contributed by atoms with E-state index in [1.165, 1.54) is 0 Å². The summed E-state index contributed by atoms with van der Waals surface area (Å²) in [5, 5.41) is 3.07. The Kier molecular flexibility index (Phi) is 7.63. The van der Waals surface area contributed by atoms with Gasteiger partial charge in [-0.2, -0.15) is 13.2 Å². The van der Waals surface area contributed by atoms with Crippen molar-refractivity contribution in [2.45, 2.75) is 17.5 Å². The Morgan fingerprint density at radius 3 is 2.58 bits per heavy atom. The number of nitrogens with one attached hydrogen (secondary N) is 2. The van der Waals surface area contributed by atoms with Gasteiger partial charge in [0.15, 0.2) is 0 Å². The van der Waals surface area contributed by atoms with Crippen molar-refractivity contribution in [2.24, 2.45) is 0 Å². The van der Waals surface area contributed by atoms with Crippen molar-refractivity contribution in [3.8, 4) is 0 Å². The normalized spacial score (nSPS) is 15.0. The molecule has 0 unspecified atom stereocenters. The lowest BCUT2D eigenvalue weighted by Gasteiger charge is -2.16. The molecule has 0 aromatic heterocycles. The predicted molar refractivity (Wildman–Crippen MR) is 90.8 cm³/mol. The molecule has 0 saturated heterocycles. The number of esters is 1. The Bertz CT molecular complexity index is 795. The molecule has 0 bridgehead atoms. The molecule has 1 aromatic rings. The minimum atomic E-state index is -4.90. The van der Waals surface area contributed by atoms with Crippen LogP contribution in [0.25, 0.3) is 0 Å². The highest BCUT2D eigenvalue weighted by Gasteiger charge is 2.37. The Morgan fingerprint density at radius 1 is 1.35 bits per heavy atom. The second-order valence-corrected chi connectivity index (χ2v) is 7.10. The second kappa shape index (κ2) is 8.85. The van der Waals surface area contributed by atoms with Gasteiger partial charge < -0.3 is 10.1 Å². The average molecular weight is 415 g/mol. The van der Waals surface area contributed by atoms with Gasteiger partial charge in [-0.15, -0.1) is 12.4 Å². The van der Waals surface area contributed by atoms with Crippen LogP contribution in [0.3, 0.4) is 0 Å². The number of benzene rings is 1. The zero-order valence-corrected chi connectivity index (χ0v) is 15.4. The van der Waals surface area contributed by atoms with E-state index in [0.717, 1.165) is 24.8 Å². The molecule has 0 aliphatic carbocycles. The van der Waals surface area contributed by atoms with Crippen molar-refractivity contribution in [3.05, 3.63) is 41.0 Å². The fourth-order valence-corrected chi connectivity index (χ4v) is 3.38. The van der Waals surface area contributed by atoms with E-state index in [0.29, 0.717) is 25.6 Å². The highest BCUT2D eigenvalue weighted by atomic mass is 35.5. The highest BCUT2D eigenvalue weighted by molar-refractivity contribution is 7.89. The van der Waals surface area contributed by atoms with Crippen LogP contribution in [0, 0.1) is 0 Å². The number of carbonyl (C=O) groups excluding carboxylic acids is 1. The number of hydrogen-bond donors (Lipinski definition) is 2. The van der Waals surface area contributed by atoms with Gasteiger partial charge in [0.2, 0.25) is 10.0 Å². The summed E-state index contributed by atoms with van der Waals surface area (Å²) in [7, 11) is -3.21. The number of alkyl halides is 3. The molecule has 1 aromatic carbocycles. The van der Waals surface area contributed by atoms with Crippen LogP contribution in [0.5, 0.6) is 0 Å². The number of ether oxygens (including phenoxy) is 1. The van der Waals surface area contributed by atoms with Gasteiger partial charge in [0.1, 0.15) is 0 Å². The number of hydrogen-bond acceptors (Lipinski definition) is 5. The molecule has 0 fully saturated rings. The third-order valence-electron chi connectivity index (χ3n) is 3.66. The summed E-state index contributed by atoms with van der Waals surface area (Å²) in [5.41, 5.74) is -1.25. The molecule has 2 rings (SSSR count). The molecule has 0 amide bonds. The van der Waals surface area contributed by atoms with E-state index >= 15 is 0 Å². The van der Waals surface area contributed by atoms with Gasteiger partial charge in [-0.3, -0.25) is 0 Å². The van der Waals surface area contributed by atoms with E-state index in [1.807, 2.05) is 6.08 Å². The van der Waals surface area contributed by atoms with Crippen LogP contribution in [-0.4, -0.2) is 41.1 Å². The zero-order valence-electron chi connectivity index (χ0n) is 13.7. The molecule has 0 saturated carbocycles. The zero-order chi connectivity index (χ0) is 18.7. The first-order valence-corrected chi connectivity index (χ1v) is 8.81.